The van der Waals surface area contributed by atoms with Crippen LogP contribution in [0, 0.1) is 30.6 Å². The smallest absolute Gasteiger partial charge is 0.260 e. The van der Waals surface area contributed by atoms with Gasteiger partial charge in [0.1, 0.15) is 0 Å². The molecule has 2 bridgehead atoms. The zero-order chi connectivity index (χ0) is 19.5. The number of hydrogen-bond acceptors (Lipinski definition) is 4. The Bertz CT molecular complexity index is 729. The van der Waals surface area contributed by atoms with Crippen molar-refractivity contribution in [3.63, 3.8) is 0 Å². The van der Waals surface area contributed by atoms with Crippen LogP contribution in [-0.2, 0) is 20.3 Å². The Hall–Kier alpha value is -0.940. The van der Waals surface area contributed by atoms with Gasteiger partial charge < -0.3 is 9.84 Å². The van der Waals surface area contributed by atoms with Crippen LogP contribution in [0.15, 0.2) is 18.2 Å². The van der Waals surface area contributed by atoms with Crippen molar-refractivity contribution in [3.05, 3.63) is 34.9 Å². The summed E-state index contributed by atoms with van der Waals surface area (Å²) in [4.78, 5) is 12.0. The number of ether oxygens (including phenoxy) is 1. The van der Waals surface area contributed by atoms with Crippen LogP contribution < -0.4 is 0 Å². The molecule has 4 rings (SSSR count). The first-order valence-electron chi connectivity index (χ1n) is 10.4. The van der Waals surface area contributed by atoms with Crippen LogP contribution in [0.5, 0.6) is 0 Å². The van der Waals surface area contributed by atoms with Crippen LogP contribution in [0.3, 0.4) is 0 Å². The summed E-state index contributed by atoms with van der Waals surface area (Å²) in [5, 5.41) is 9.14. The number of rotatable bonds is 6. The van der Waals surface area contributed by atoms with E-state index in [1.165, 1.54) is 17.5 Å². The van der Waals surface area contributed by atoms with Gasteiger partial charge in [0.25, 0.3) is 5.79 Å². The van der Waals surface area contributed by atoms with E-state index in [0.29, 0.717) is 12.5 Å². The normalized spacial score (nSPS) is 39.1. The van der Waals surface area contributed by atoms with Crippen molar-refractivity contribution in [2.24, 2.45) is 16.7 Å². The van der Waals surface area contributed by atoms with E-state index in [4.69, 9.17) is 19.6 Å². The Morgan fingerprint density at radius 2 is 1.89 bits per heavy atom. The van der Waals surface area contributed by atoms with Crippen LogP contribution in [0.2, 0.25) is 0 Å². The molecule has 3 fully saturated rings. The molecule has 1 aromatic carbocycles. The summed E-state index contributed by atoms with van der Waals surface area (Å²) in [5.41, 5.74) is 3.31. The molecule has 1 saturated heterocycles. The monoisotopic (exact) mass is 374 g/mol. The summed E-state index contributed by atoms with van der Waals surface area (Å²) >= 11 is 0. The summed E-state index contributed by atoms with van der Waals surface area (Å²) < 4.78 is 6.54. The fourth-order valence-electron chi connectivity index (χ4n) is 5.97. The lowest BCUT2D eigenvalue weighted by Crippen LogP contribution is -2.72. The molecule has 1 aliphatic heterocycles. The molecule has 3 aliphatic rings. The number of aliphatic hydroxyl groups is 1. The molecule has 1 spiro atoms. The highest BCUT2D eigenvalue weighted by Gasteiger charge is 2.83. The lowest BCUT2D eigenvalue weighted by atomic mass is 9.60. The van der Waals surface area contributed by atoms with Crippen LogP contribution in [0.4, 0.5) is 0 Å². The Balaban J connectivity index is 1.76. The van der Waals surface area contributed by atoms with Gasteiger partial charge in [-0.15, -0.1) is 0 Å². The van der Waals surface area contributed by atoms with Gasteiger partial charge in [-0.2, -0.15) is 4.89 Å². The van der Waals surface area contributed by atoms with Crippen LogP contribution >= 0.6 is 0 Å². The zero-order valence-corrected chi connectivity index (χ0v) is 17.4. The van der Waals surface area contributed by atoms with Gasteiger partial charge in [0.15, 0.2) is 5.60 Å². The standard InChI is InChI=1S/C23H34O4/c1-16-8-9-18(14-17(16)2)23(25-13-7-6-12-24)22(26-27-23)15-19-10-11-21(22,5)20(19,3)4/h8-9,14,19,24H,6-7,10-13,15H2,1-5H3. The second-order valence-electron chi connectivity index (χ2n) is 9.68. The fourth-order valence-corrected chi connectivity index (χ4v) is 5.97. The van der Waals surface area contributed by atoms with Crippen molar-refractivity contribution in [1.29, 1.82) is 0 Å². The van der Waals surface area contributed by atoms with E-state index in [1.807, 2.05) is 0 Å². The molecule has 1 N–H and O–H groups in total. The Morgan fingerprint density at radius 1 is 1.11 bits per heavy atom. The first kappa shape index (κ1) is 19.4. The lowest BCUT2D eigenvalue weighted by Gasteiger charge is -2.62. The molecule has 4 atom stereocenters. The van der Waals surface area contributed by atoms with Crippen molar-refractivity contribution >= 4 is 0 Å². The summed E-state index contributed by atoms with van der Waals surface area (Å²) in [7, 11) is 0. The van der Waals surface area contributed by atoms with Crippen molar-refractivity contribution in [1.82, 2.24) is 0 Å². The number of unbranched alkanes of at least 4 members (excludes halogenated alkanes) is 1. The maximum Gasteiger partial charge on any atom is 0.260 e. The van der Waals surface area contributed by atoms with E-state index in [2.05, 4.69) is 52.8 Å². The third-order valence-electron chi connectivity index (χ3n) is 8.44. The van der Waals surface area contributed by atoms with Crippen LogP contribution in [0.25, 0.3) is 0 Å². The molecule has 4 unspecified atom stereocenters. The lowest BCUT2D eigenvalue weighted by molar-refractivity contribution is -0.639. The van der Waals surface area contributed by atoms with Crippen molar-refractivity contribution in [3.8, 4) is 0 Å². The molecule has 4 nitrogen and oxygen atoms in total. The molecule has 0 radical (unpaired) electrons. The number of hydrogen-bond donors (Lipinski definition) is 1. The number of aryl methyl sites for hydroxylation is 2. The average Bonchev–Trinajstić information content (AvgIpc) is 2.96. The molecular formula is C23H34O4. The molecule has 27 heavy (non-hydrogen) atoms. The summed E-state index contributed by atoms with van der Waals surface area (Å²) in [6, 6.07) is 6.49. The molecule has 0 aromatic heterocycles. The molecule has 1 aromatic rings. The van der Waals surface area contributed by atoms with Crippen molar-refractivity contribution in [2.45, 2.75) is 78.1 Å². The maximum absolute atomic E-state index is 9.14. The molecule has 2 saturated carbocycles. The average molecular weight is 375 g/mol. The predicted molar refractivity (Wildman–Crippen MR) is 104 cm³/mol. The minimum Gasteiger partial charge on any atom is -0.396 e. The Morgan fingerprint density at radius 3 is 2.41 bits per heavy atom. The molecule has 150 valence electrons. The molecular weight excluding hydrogens is 340 g/mol. The van der Waals surface area contributed by atoms with Gasteiger partial charge in [0, 0.05) is 17.6 Å². The van der Waals surface area contributed by atoms with E-state index < -0.39 is 11.4 Å². The molecule has 4 heteroatoms. The number of benzene rings is 1. The van der Waals surface area contributed by atoms with Crippen LogP contribution in [-0.4, -0.2) is 23.9 Å². The number of fused-ring (bicyclic) bond motifs is 3. The van der Waals surface area contributed by atoms with Gasteiger partial charge in [-0.05, 0) is 68.4 Å². The second-order valence-corrected chi connectivity index (χ2v) is 9.68. The Labute approximate surface area is 163 Å². The van der Waals surface area contributed by atoms with Gasteiger partial charge in [-0.25, -0.2) is 4.89 Å². The SMILES string of the molecule is Cc1ccc(C2(OCCCCO)OOC23CC2CCC3(C)C2(C)C)cc1C. The largest absolute Gasteiger partial charge is 0.396 e. The van der Waals surface area contributed by atoms with Crippen molar-refractivity contribution in [2.75, 3.05) is 13.2 Å². The quantitative estimate of drug-likeness (QED) is 0.574. The van der Waals surface area contributed by atoms with E-state index in [1.54, 1.807) is 0 Å². The van der Waals surface area contributed by atoms with Gasteiger partial charge in [0.2, 0.25) is 0 Å². The Kier molecular flexibility index (Phi) is 4.51. The van der Waals surface area contributed by atoms with E-state index in [0.717, 1.165) is 31.2 Å². The topological polar surface area (TPSA) is 47.9 Å². The molecule has 0 amide bonds. The third-order valence-corrected chi connectivity index (χ3v) is 8.44. The second kappa shape index (κ2) is 6.28. The highest BCUT2D eigenvalue weighted by atomic mass is 17.3. The zero-order valence-electron chi connectivity index (χ0n) is 17.4. The minimum absolute atomic E-state index is 0.00130. The first-order valence-corrected chi connectivity index (χ1v) is 10.4. The predicted octanol–water partition coefficient (Wildman–Crippen LogP) is 4.79. The fraction of sp³-hybridized carbons (Fsp3) is 0.739. The highest BCUT2D eigenvalue weighted by Crippen LogP contribution is 2.77. The van der Waals surface area contributed by atoms with Gasteiger partial charge in [-0.1, -0.05) is 39.0 Å². The van der Waals surface area contributed by atoms with Gasteiger partial charge >= 0.3 is 0 Å². The van der Waals surface area contributed by atoms with Gasteiger partial charge in [0.05, 0.1) is 6.61 Å². The van der Waals surface area contributed by atoms with E-state index >= 15 is 0 Å². The maximum atomic E-state index is 9.14. The van der Waals surface area contributed by atoms with Crippen molar-refractivity contribution < 1.29 is 19.6 Å². The van der Waals surface area contributed by atoms with Gasteiger partial charge in [-0.3, -0.25) is 0 Å². The van der Waals surface area contributed by atoms with E-state index in [9.17, 15) is 0 Å². The van der Waals surface area contributed by atoms with E-state index in [-0.39, 0.29) is 17.4 Å². The highest BCUT2D eigenvalue weighted by molar-refractivity contribution is 5.38. The summed E-state index contributed by atoms with van der Waals surface area (Å²) in [5.74, 6) is -0.236. The first-order chi connectivity index (χ1) is 12.7. The molecule has 1 heterocycles. The number of aliphatic hydroxyl groups excluding tert-OH is 1. The third kappa shape index (κ3) is 2.30. The summed E-state index contributed by atoms with van der Waals surface area (Å²) in [6.45, 7) is 12.2. The minimum atomic E-state index is -0.859. The summed E-state index contributed by atoms with van der Waals surface area (Å²) in [6.07, 6.45) is 4.92. The van der Waals surface area contributed by atoms with Crippen LogP contribution in [0.1, 0.15) is 69.6 Å². The molecule has 2 aliphatic carbocycles.